The Kier molecular flexibility index (Phi) is 6.42. The summed E-state index contributed by atoms with van der Waals surface area (Å²) in [6.45, 7) is 1.58. The van der Waals surface area contributed by atoms with Gasteiger partial charge in [0.2, 0.25) is 5.91 Å². The zero-order chi connectivity index (χ0) is 11.8. The second-order valence-corrected chi connectivity index (χ2v) is 4.53. The van der Waals surface area contributed by atoms with E-state index in [1.807, 2.05) is 7.05 Å². The highest BCUT2D eigenvalue weighted by Crippen LogP contribution is 2.20. The Hall–Kier alpha value is -0.610. The molecule has 0 aromatic carbocycles. The van der Waals surface area contributed by atoms with Gasteiger partial charge in [-0.2, -0.15) is 0 Å². The van der Waals surface area contributed by atoms with E-state index in [2.05, 4.69) is 0 Å². The lowest BCUT2D eigenvalue weighted by Gasteiger charge is -2.23. The maximum atomic E-state index is 11.7. The summed E-state index contributed by atoms with van der Waals surface area (Å²) in [4.78, 5) is 13.4. The summed E-state index contributed by atoms with van der Waals surface area (Å²) in [5, 5.41) is 0. The molecule has 94 valence electrons. The Morgan fingerprint density at radius 3 is 2.69 bits per heavy atom. The van der Waals surface area contributed by atoms with Gasteiger partial charge in [0, 0.05) is 13.6 Å². The minimum atomic E-state index is 0.0685. The van der Waals surface area contributed by atoms with Gasteiger partial charge in [0.05, 0.1) is 6.10 Å². The largest absolute Gasteiger partial charge is 0.368 e. The number of amides is 1. The number of nitrogens with zero attached hydrogens (tertiary/aromatic N) is 1. The number of ether oxygens (including phenoxy) is 1. The van der Waals surface area contributed by atoms with Gasteiger partial charge >= 0.3 is 0 Å². The van der Waals surface area contributed by atoms with Crippen LogP contribution in [0.4, 0.5) is 0 Å². The van der Waals surface area contributed by atoms with Gasteiger partial charge in [0.1, 0.15) is 6.61 Å². The third kappa shape index (κ3) is 4.94. The highest BCUT2D eigenvalue weighted by Gasteiger charge is 2.16. The molecule has 0 heterocycles. The van der Waals surface area contributed by atoms with Crippen LogP contribution >= 0.6 is 0 Å². The molecule has 16 heavy (non-hydrogen) atoms. The van der Waals surface area contributed by atoms with Crippen molar-refractivity contribution in [3.05, 3.63) is 0 Å². The van der Waals surface area contributed by atoms with E-state index in [4.69, 9.17) is 10.5 Å². The molecule has 0 aliphatic heterocycles. The van der Waals surface area contributed by atoms with Crippen LogP contribution in [0.5, 0.6) is 0 Å². The van der Waals surface area contributed by atoms with Crippen molar-refractivity contribution in [1.82, 2.24) is 4.90 Å². The molecule has 0 aromatic rings. The van der Waals surface area contributed by atoms with E-state index in [0.29, 0.717) is 12.6 Å². The van der Waals surface area contributed by atoms with Crippen molar-refractivity contribution in [2.75, 3.05) is 26.7 Å². The summed E-state index contributed by atoms with van der Waals surface area (Å²) in [5.41, 5.74) is 5.40. The Bertz CT molecular complexity index is 203. The van der Waals surface area contributed by atoms with Crippen LogP contribution in [0.25, 0.3) is 0 Å². The van der Waals surface area contributed by atoms with E-state index in [1.54, 1.807) is 4.90 Å². The van der Waals surface area contributed by atoms with Gasteiger partial charge in [0.15, 0.2) is 0 Å². The first kappa shape index (κ1) is 13.5. The molecule has 0 bridgehead atoms. The van der Waals surface area contributed by atoms with E-state index in [0.717, 1.165) is 25.8 Å². The summed E-state index contributed by atoms with van der Waals surface area (Å²) < 4.78 is 5.62. The topological polar surface area (TPSA) is 55.6 Å². The van der Waals surface area contributed by atoms with Crippen molar-refractivity contribution in [3.63, 3.8) is 0 Å². The van der Waals surface area contributed by atoms with Gasteiger partial charge in [-0.1, -0.05) is 19.3 Å². The molecule has 0 spiro atoms. The van der Waals surface area contributed by atoms with Crippen molar-refractivity contribution in [2.45, 2.75) is 44.6 Å². The monoisotopic (exact) mass is 228 g/mol. The van der Waals surface area contributed by atoms with Crippen molar-refractivity contribution >= 4 is 5.91 Å². The van der Waals surface area contributed by atoms with Gasteiger partial charge < -0.3 is 15.4 Å². The molecule has 0 aromatic heterocycles. The number of hydrogen-bond donors (Lipinski definition) is 1. The van der Waals surface area contributed by atoms with Crippen LogP contribution in [0, 0.1) is 0 Å². The van der Waals surface area contributed by atoms with Crippen LogP contribution in [0.1, 0.15) is 38.5 Å². The van der Waals surface area contributed by atoms with E-state index in [-0.39, 0.29) is 12.5 Å². The Balaban J connectivity index is 2.12. The van der Waals surface area contributed by atoms with Crippen molar-refractivity contribution in [3.8, 4) is 0 Å². The number of hydrogen-bond acceptors (Lipinski definition) is 3. The van der Waals surface area contributed by atoms with Gasteiger partial charge in [-0.25, -0.2) is 0 Å². The van der Waals surface area contributed by atoms with Crippen LogP contribution in [-0.4, -0.2) is 43.7 Å². The molecule has 4 heteroatoms. The standard InChI is InChI=1S/C12H24N2O2/c1-14(9-5-8-13)12(15)10-16-11-6-3-2-4-7-11/h11H,2-10,13H2,1H3. The van der Waals surface area contributed by atoms with Crippen LogP contribution in [-0.2, 0) is 9.53 Å². The van der Waals surface area contributed by atoms with Crippen molar-refractivity contribution in [2.24, 2.45) is 5.73 Å². The second-order valence-electron chi connectivity index (χ2n) is 4.53. The average Bonchev–Trinajstić information content (AvgIpc) is 2.34. The molecular formula is C12H24N2O2. The molecule has 4 nitrogen and oxygen atoms in total. The first-order valence-corrected chi connectivity index (χ1v) is 6.29. The fraction of sp³-hybridized carbons (Fsp3) is 0.917. The molecule has 2 N–H and O–H groups in total. The zero-order valence-corrected chi connectivity index (χ0v) is 10.3. The van der Waals surface area contributed by atoms with E-state index in [9.17, 15) is 4.79 Å². The third-order valence-electron chi connectivity index (χ3n) is 3.12. The molecule has 0 unspecified atom stereocenters. The van der Waals surface area contributed by atoms with Crippen LogP contribution in [0.15, 0.2) is 0 Å². The summed E-state index contributed by atoms with van der Waals surface area (Å²) in [5.74, 6) is 0.0685. The molecule has 0 saturated heterocycles. The quantitative estimate of drug-likeness (QED) is 0.742. The number of rotatable bonds is 6. The van der Waals surface area contributed by atoms with Crippen molar-refractivity contribution in [1.29, 1.82) is 0 Å². The Morgan fingerprint density at radius 2 is 2.06 bits per heavy atom. The van der Waals surface area contributed by atoms with E-state index < -0.39 is 0 Å². The highest BCUT2D eigenvalue weighted by atomic mass is 16.5. The number of carbonyl (C=O) groups excluding carboxylic acids is 1. The SMILES string of the molecule is CN(CCCN)C(=O)COC1CCCCC1. The number of likely N-dealkylation sites (N-methyl/N-ethyl adjacent to an activating group) is 1. The Labute approximate surface area is 98.1 Å². The summed E-state index contributed by atoms with van der Waals surface area (Å²) >= 11 is 0. The van der Waals surface area contributed by atoms with E-state index in [1.165, 1.54) is 19.3 Å². The van der Waals surface area contributed by atoms with Crippen LogP contribution in [0.3, 0.4) is 0 Å². The first-order chi connectivity index (χ1) is 7.74. The molecule has 1 fully saturated rings. The fourth-order valence-corrected chi connectivity index (χ4v) is 1.98. The normalized spacial score (nSPS) is 17.4. The second kappa shape index (κ2) is 7.63. The molecule has 1 saturated carbocycles. The minimum Gasteiger partial charge on any atom is -0.368 e. The van der Waals surface area contributed by atoms with Gasteiger partial charge in [-0.05, 0) is 25.8 Å². The molecular weight excluding hydrogens is 204 g/mol. The lowest BCUT2D eigenvalue weighted by Crippen LogP contribution is -2.33. The maximum absolute atomic E-state index is 11.7. The number of nitrogens with two attached hydrogens (primary N) is 1. The zero-order valence-electron chi connectivity index (χ0n) is 10.3. The minimum absolute atomic E-state index is 0.0685. The molecule has 1 rings (SSSR count). The molecule has 1 aliphatic carbocycles. The lowest BCUT2D eigenvalue weighted by molar-refractivity contribution is -0.137. The van der Waals surface area contributed by atoms with Gasteiger partial charge in [-0.15, -0.1) is 0 Å². The average molecular weight is 228 g/mol. The molecule has 0 radical (unpaired) electrons. The van der Waals surface area contributed by atoms with Gasteiger partial charge in [0.25, 0.3) is 0 Å². The molecule has 0 atom stereocenters. The number of carbonyl (C=O) groups is 1. The Morgan fingerprint density at radius 1 is 1.38 bits per heavy atom. The lowest BCUT2D eigenvalue weighted by atomic mass is 9.98. The third-order valence-corrected chi connectivity index (χ3v) is 3.12. The highest BCUT2D eigenvalue weighted by molar-refractivity contribution is 5.77. The van der Waals surface area contributed by atoms with E-state index >= 15 is 0 Å². The molecule has 1 amide bonds. The summed E-state index contributed by atoms with van der Waals surface area (Å²) in [7, 11) is 1.81. The smallest absolute Gasteiger partial charge is 0.248 e. The predicted octanol–water partition coefficient (Wildman–Crippen LogP) is 1.14. The van der Waals surface area contributed by atoms with Crippen LogP contribution in [0.2, 0.25) is 0 Å². The summed E-state index contributed by atoms with van der Waals surface area (Å²) in [6, 6.07) is 0. The summed E-state index contributed by atoms with van der Waals surface area (Å²) in [6.07, 6.45) is 7.17. The van der Waals surface area contributed by atoms with Gasteiger partial charge in [-0.3, -0.25) is 4.79 Å². The fourth-order valence-electron chi connectivity index (χ4n) is 1.98. The predicted molar refractivity (Wildman–Crippen MR) is 64.1 cm³/mol. The first-order valence-electron chi connectivity index (χ1n) is 6.29. The molecule has 1 aliphatic rings. The van der Waals surface area contributed by atoms with Crippen LogP contribution < -0.4 is 5.73 Å². The maximum Gasteiger partial charge on any atom is 0.248 e. The van der Waals surface area contributed by atoms with Crippen molar-refractivity contribution < 1.29 is 9.53 Å².